The van der Waals surface area contributed by atoms with E-state index in [4.69, 9.17) is 11.6 Å². The molecule has 1 saturated carbocycles. The van der Waals surface area contributed by atoms with E-state index < -0.39 is 0 Å². The van der Waals surface area contributed by atoms with Gasteiger partial charge in [-0.1, -0.05) is 26.2 Å². The van der Waals surface area contributed by atoms with E-state index in [0.717, 1.165) is 36.6 Å². The fourth-order valence-electron chi connectivity index (χ4n) is 2.67. The lowest BCUT2D eigenvalue weighted by atomic mass is 9.83. The van der Waals surface area contributed by atoms with Crippen LogP contribution in [0.5, 0.6) is 0 Å². The van der Waals surface area contributed by atoms with Gasteiger partial charge in [-0.3, -0.25) is 0 Å². The summed E-state index contributed by atoms with van der Waals surface area (Å²) in [4.78, 5) is 8.90. The van der Waals surface area contributed by atoms with Gasteiger partial charge >= 0.3 is 0 Å². The van der Waals surface area contributed by atoms with Gasteiger partial charge in [-0.15, -0.1) is 11.6 Å². The van der Waals surface area contributed by atoms with E-state index in [9.17, 15) is 0 Å². The third-order valence-corrected chi connectivity index (χ3v) is 4.22. The van der Waals surface area contributed by atoms with Crippen molar-refractivity contribution < 1.29 is 0 Å². The van der Waals surface area contributed by atoms with Crippen molar-refractivity contribution >= 4 is 17.4 Å². The van der Waals surface area contributed by atoms with Crippen LogP contribution in [0.2, 0.25) is 0 Å². The lowest BCUT2D eigenvalue weighted by molar-refractivity contribution is 0.352. The molecule has 1 N–H and O–H groups in total. The molecule has 100 valence electrons. The molecule has 3 nitrogen and oxygen atoms in total. The van der Waals surface area contributed by atoms with Crippen LogP contribution < -0.4 is 5.32 Å². The monoisotopic (exact) mass is 267 g/mol. The minimum atomic E-state index is 0.0333. The Morgan fingerprint density at radius 3 is 2.61 bits per heavy atom. The van der Waals surface area contributed by atoms with E-state index in [-0.39, 0.29) is 5.54 Å². The number of hydrogen-bond acceptors (Lipinski definition) is 3. The van der Waals surface area contributed by atoms with Gasteiger partial charge in [-0.2, -0.15) is 0 Å². The Balaban J connectivity index is 2.18. The molecule has 0 unspecified atom stereocenters. The summed E-state index contributed by atoms with van der Waals surface area (Å²) in [7, 11) is 0. The van der Waals surface area contributed by atoms with Crippen molar-refractivity contribution in [2.24, 2.45) is 0 Å². The number of halogens is 1. The van der Waals surface area contributed by atoms with Crippen LogP contribution >= 0.6 is 11.6 Å². The lowest BCUT2D eigenvalue weighted by Crippen LogP contribution is -2.42. The van der Waals surface area contributed by atoms with Crippen molar-refractivity contribution in [2.75, 3.05) is 11.2 Å². The summed E-state index contributed by atoms with van der Waals surface area (Å²) in [6, 6.07) is 2.05. The van der Waals surface area contributed by atoms with Gasteiger partial charge in [0.25, 0.3) is 0 Å². The maximum absolute atomic E-state index is 6.19. The molecule has 0 radical (unpaired) electrons. The highest BCUT2D eigenvalue weighted by molar-refractivity contribution is 6.18. The van der Waals surface area contributed by atoms with Gasteiger partial charge in [-0.05, 0) is 26.2 Å². The zero-order valence-corrected chi connectivity index (χ0v) is 12.1. The summed E-state index contributed by atoms with van der Waals surface area (Å²) in [5, 5.41) is 3.58. The van der Waals surface area contributed by atoms with Gasteiger partial charge in [0.05, 0.1) is 5.54 Å². The maximum atomic E-state index is 6.19. The normalized spacial score (nSPS) is 18.6. The molecule has 1 aliphatic carbocycles. The quantitative estimate of drug-likeness (QED) is 0.846. The van der Waals surface area contributed by atoms with E-state index >= 15 is 0 Å². The van der Waals surface area contributed by atoms with Crippen LogP contribution in [0, 0.1) is 6.92 Å². The topological polar surface area (TPSA) is 37.8 Å². The second kappa shape index (κ2) is 5.87. The van der Waals surface area contributed by atoms with Crippen LogP contribution in [0.15, 0.2) is 6.07 Å². The van der Waals surface area contributed by atoms with Crippen LogP contribution in [0.3, 0.4) is 0 Å². The average Bonchev–Trinajstić information content (AvgIpc) is 2.39. The van der Waals surface area contributed by atoms with Crippen LogP contribution in [0.1, 0.15) is 50.5 Å². The first-order valence-electron chi connectivity index (χ1n) is 6.86. The van der Waals surface area contributed by atoms with Gasteiger partial charge in [0.15, 0.2) is 0 Å². The largest absolute Gasteiger partial charge is 0.363 e. The molecule has 1 aromatic rings. The smallest absolute Gasteiger partial charge is 0.130 e. The van der Waals surface area contributed by atoms with Crippen molar-refractivity contribution in [1.29, 1.82) is 0 Å². The molecule has 0 aromatic carbocycles. The lowest BCUT2D eigenvalue weighted by Gasteiger charge is -2.37. The maximum Gasteiger partial charge on any atom is 0.130 e. The van der Waals surface area contributed by atoms with Gasteiger partial charge in [0, 0.05) is 17.6 Å². The summed E-state index contributed by atoms with van der Waals surface area (Å²) in [5.74, 6) is 2.41. The summed E-state index contributed by atoms with van der Waals surface area (Å²) >= 11 is 6.19. The number of rotatable bonds is 4. The van der Waals surface area contributed by atoms with Crippen LogP contribution in [0.4, 0.5) is 5.82 Å². The third kappa shape index (κ3) is 3.14. The van der Waals surface area contributed by atoms with Gasteiger partial charge in [0.1, 0.15) is 11.6 Å². The van der Waals surface area contributed by atoms with E-state index in [1.807, 2.05) is 6.92 Å². The number of aromatic nitrogens is 2. The van der Waals surface area contributed by atoms with E-state index in [1.165, 1.54) is 19.3 Å². The van der Waals surface area contributed by atoms with Crippen molar-refractivity contribution in [2.45, 2.75) is 57.9 Å². The van der Waals surface area contributed by atoms with E-state index in [2.05, 4.69) is 28.3 Å². The van der Waals surface area contributed by atoms with Crippen molar-refractivity contribution in [1.82, 2.24) is 9.97 Å². The number of nitrogens with zero attached hydrogens (tertiary/aromatic N) is 2. The number of hydrogen-bond donors (Lipinski definition) is 1. The van der Waals surface area contributed by atoms with Crippen LogP contribution in [-0.2, 0) is 6.42 Å². The number of alkyl halides is 1. The Bertz CT molecular complexity index is 400. The molecule has 1 aliphatic rings. The van der Waals surface area contributed by atoms with Crippen molar-refractivity contribution in [3.63, 3.8) is 0 Å². The molecule has 0 bridgehead atoms. The molecule has 1 heterocycles. The number of nitrogens with one attached hydrogen (secondary N) is 1. The highest BCUT2D eigenvalue weighted by Crippen LogP contribution is 2.32. The standard InChI is InChI=1S/C14H22ClN3/c1-3-12-9-13(17-11(2)16-12)18-14(10-15)7-5-4-6-8-14/h9H,3-8,10H2,1-2H3,(H,16,17,18). The molecule has 1 aromatic heterocycles. The fourth-order valence-corrected chi connectivity index (χ4v) is 3.00. The minimum Gasteiger partial charge on any atom is -0.363 e. The first-order valence-corrected chi connectivity index (χ1v) is 7.39. The molecule has 0 atom stereocenters. The molecular weight excluding hydrogens is 246 g/mol. The fraction of sp³-hybridized carbons (Fsp3) is 0.714. The highest BCUT2D eigenvalue weighted by Gasteiger charge is 2.31. The van der Waals surface area contributed by atoms with Gasteiger partial charge in [0.2, 0.25) is 0 Å². The summed E-state index contributed by atoms with van der Waals surface area (Å²) < 4.78 is 0. The Morgan fingerprint density at radius 1 is 1.28 bits per heavy atom. The van der Waals surface area contributed by atoms with Gasteiger partial charge in [-0.25, -0.2) is 9.97 Å². The molecular formula is C14H22ClN3. The Labute approximate surface area is 114 Å². The highest BCUT2D eigenvalue weighted by atomic mass is 35.5. The third-order valence-electron chi connectivity index (χ3n) is 3.71. The predicted molar refractivity (Wildman–Crippen MR) is 76.3 cm³/mol. The molecule has 0 saturated heterocycles. The molecule has 0 spiro atoms. The van der Waals surface area contributed by atoms with Crippen molar-refractivity contribution in [3.05, 3.63) is 17.6 Å². The second-order valence-corrected chi connectivity index (χ2v) is 5.51. The molecule has 2 rings (SSSR count). The summed E-state index contributed by atoms with van der Waals surface area (Å²) in [5.41, 5.74) is 1.12. The Morgan fingerprint density at radius 2 is 2.00 bits per heavy atom. The van der Waals surface area contributed by atoms with Crippen LogP contribution in [0.25, 0.3) is 0 Å². The SMILES string of the molecule is CCc1cc(NC2(CCl)CCCCC2)nc(C)n1. The molecule has 4 heteroatoms. The van der Waals surface area contributed by atoms with Crippen molar-refractivity contribution in [3.8, 4) is 0 Å². The minimum absolute atomic E-state index is 0.0333. The number of anilines is 1. The van der Waals surface area contributed by atoms with E-state index in [0.29, 0.717) is 5.88 Å². The average molecular weight is 268 g/mol. The summed E-state index contributed by atoms with van der Waals surface area (Å²) in [6.07, 6.45) is 7.05. The summed E-state index contributed by atoms with van der Waals surface area (Å²) in [6.45, 7) is 4.06. The zero-order chi connectivity index (χ0) is 13.0. The first kappa shape index (κ1) is 13.6. The molecule has 18 heavy (non-hydrogen) atoms. The zero-order valence-electron chi connectivity index (χ0n) is 11.3. The first-order chi connectivity index (χ1) is 8.67. The second-order valence-electron chi connectivity index (χ2n) is 5.24. The van der Waals surface area contributed by atoms with Crippen LogP contribution in [-0.4, -0.2) is 21.4 Å². The Hall–Kier alpha value is -0.830. The number of aryl methyl sites for hydroxylation is 2. The molecule has 0 aliphatic heterocycles. The molecule has 1 fully saturated rings. The molecule has 0 amide bonds. The Kier molecular flexibility index (Phi) is 4.44. The van der Waals surface area contributed by atoms with E-state index in [1.54, 1.807) is 0 Å². The van der Waals surface area contributed by atoms with Gasteiger partial charge < -0.3 is 5.32 Å². The predicted octanol–water partition coefficient (Wildman–Crippen LogP) is 3.70.